The number of non-ortho nitro benzene ring substituents is 1. The van der Waals surface area contributed by atoms with E-state index in [0.717, 1.165) is 23.4 Å². The van der Waals surface area contributed by atoms with Crippen molar-refractivity contribution in [2.45, 2.75) is 45.2 Å². The summed E-state index contributed by atoms with van der Waals surface area (Å²) in [5, 5.41) is 10.8. The Balaban J connectivity index is 1.43. The number of benzene rings is 2. The average molecular weight is 406 g/mol. The molecule has 1 aliphatic carbocycles. The fourth-order valence-corrected chi connectivity index (χ4v) is 4.61. The zero-order valence-corrected chi connectivity index (χ0v) is 16.7. The highest BCUT2D eigenvalue weighted by Crippen LogP contribution is 2.44. The highest BCUT2D eigenvalue weighted by molar-refractivity contribution is 6.15. The summed E-state index contributed by atoms with van der Waals surface area (Å²) < 4.78 is 12.0. The molecule has 0 bridgehead atoms. The molecule has 1 fully saturated rings. The lowest BCUT2D eigenvalue weighted by atomic mass is 9.99. The van der Waals surface area contributed by atoms with Crippen LogP contribution < -0.4 is 9.47 Å². The Morgan fingerprint density at radius 3 is 2.60 bits per heavy atom. The maximum Gasteiger partial charge on any atom is 0.269 e. The molecule has 0 aromatic heterocycles. The molecule has 30 heavy (non-hydrogen) atoms. The zero-order valence-electron chi connectivity index (χ0n) is 16.7. The summed E-state index contributed by atoms with van der Waals surface area (Å²) in [7, 11) is 0. The summed E-state index contributed by atoms with van der Waals surface area (Å²) >= 11 is 0. The Labute approximate surface area is 174 Å². The first kappa shape index (κ1) is 18.8. The Bertz CT molecular complexity index is 1070. The number of allylic oxidation sites excluding steroid dienone is 1. The van der Waals surface area contributed by atoms with E-state index >= 15 is 0 Å². The van der Waals surface area contributed by atoms with Crippen LogP contribution in [0.4, 0.5) is 5.69 Å². The van der Waals surface area contributed by atoms with Crippen LogP contribution in [0.25, 0.3) is 6.08 Å². The first-order chi connectivity index (χ1) is 14.5. The van der Waals surface area contributed by atoms with E-state index in [1.165, 1.54) is 37.8 Å². The normalized spacial score (nSPS) is 20.0. The summed E-state index contributed by atoms with van der Waals surface area (Å²) in [6, 6.07) is 8.48. The number of Topliss-reactive ketones (excluding diaryl/α,β-unsaturated/α-hetero) is 1. The van der Waals surface area contributed by atoms with Gasteiger partial charge in [0.25, 0.3) is 5.69 Å². The molecule has 2 aliphatic heterocycles. The number of carbonyl (C=O) groups is 1. The van der Waals surface area contributed by atoms with E-state index in [-0.39, 0.29) is 17.2 Å². The van der Waals surface area contributed by atoms with Crippen molar-refractivity contribution in [3.05, 3.63) is 68.5 Å². The highest BCUT2D eigenvalue weighted by Gasteiger charge is 2.35. The molecule has 0 saturated heterocycles. The molecule has 5 rings (SSSR count). The fraction of sp³-hybridized carbons (Fsp3) is 0.348. The molecule has 2 aromatic carbocycles. The third-order valence-corrected chi connectivity index (χ3v) is 6.21. The van der Waals surface area contributed by atoms with Gasteiger partial charge >= 0.3 is 0 Å². The van der Waals surface area contributed by atoms with Crippen molar-refractivity contribution < 1.29 is 19.2 Å². The van der Waals surface area contributed by atoms with Crippen LogP contribution in [-0.4, -0.2) is 28.4 Å². The van der Waals surface area contributed by atoms with Gasteiger partial charge in [-0.2, -0.15) is 0 Å². The Morgan fingerprint density at radius 2 is 1.90 bits per heavy atom. The van der Waals surface area contributed by atoms with Crippen molar-refractivity contribution in [1.82, 2.24) is 4.90 Å². The summed E-state index contributed by atoms with van der Waals surface area (Å²) in [6.45, 7) is 3.27. The number of hydrogen-bond acceptors (Lipinski definition) is 6. The molecule has 2 heterocycles. The SMILES string of the molecule is Cc1c2c(cc3c1O/C(=C\c1ccc([N+](=O)[O-])cc1)C3=O)CN(C1CCCC1)CO2. The van der Waals surface area contributed by atoms with Gasteiger partial charge in [0, 0.05) is 35.8 Å². The number of ketones is 1. The van der Waals surface area contributed by atoms with E-state index < -0.39 is 4.92 Å². The van der Waals surface area contributed by atoms with E-state index in [0.29, 0.717) is 29.6 Å². The van der Waals surface area contributed by atoms with E-state index in [1.807, 2.05) is 13.0 Å². The van der Waals surface area contributed by atoms with Crippen LogP contribution in [0.5, 0.6) is 11.5 Å². The van der Waals surface area contributed by atoms with Gasteiger partial charge in [0.05, 0.1) is 10.5 Å². The van der Waals surface area contributed by atoms with Gasteiger partial charge in [-0.25, -0.2) is 0 Å². The molecule has 0 amide bonds. The van der Waals surface area contributed by atoms with Gasteiger partial charge in [0.15, 0.2) is 5.76 Å². The molecule has 0 unspecified atom stereocenters. The van der Waals surface area contributed by atoms with E-state index in [1.54, 1.807) is 18.2 Å². The largest absolute Gasteiger partial charge is 0.477 e. The zero-order chi connectivity index (χ0) is 20.8. The number of nitro benzene ring substituents is 1. The number of carbonyl (C=O) groups excluding carboxylic acids is 1. The summed E-state index contributed by atoms with van der Waals surface area (Å²) in [6.07, 6.45) is 6.55. The molecule has 0 N–H and O–H groups in total. The van der Waals surface area contributed by atoms with Crippen molar-refractivity contribution in [3.8, 4) is 11.5 Å². The first-order valence-corrected chi connectivity index (χ1v) is 10.2. The van der Waals surface area contributed by atoms with Crippen LogP contribution in [-0.2, 0) is 6.54 Å². The predicted molar refractivity (Wildman–Crippen MR) is 111 cm³/mol. The molecule has 0 spiro atoms. The quantitative estimate of drug-likeness (QED) is 0.420. The number of nitrogens with zero attached hydrogens (tertiary/aromatic N) is 2. The van der Waals surface area contributed by atoms with Crippen molar-refractivity contribution in [2.75, 3.05) is 6.73 Å². The number of fused-ring (bicyclic) bond motifs is 2. The molecule has 0 radical (unpaired) electrons. The third kappa shape index (κ3) is 3.15. The molecular weight excluding hydrogens is 384 g/mol. The van der Waals surface area contributed by atoms with Gasteiger partial charge in [-0.15, -0.1) is 0 Å². The monoisotopic (exact) mass is 406 g/mol. The van der Waals surface area contributed by atoms with Crippen LogP contribution >= 0.6 is 0 Å². The minimum absolute atomic E-state index is 0.00610. The second-order valence-electron chi connectivity index (χ2n) is 8.11. The third-order valence-electron chi connectivity index (χ3n) is 6.21. The summed E-state index contributed by atoms with van der Waals surface area (Å²) in [5.74, 6) is 1.40. The summed E-state index contributed by atoms with van der Waals surface area (Å²) in [5.41, 5.74) is 3.10. The van der Waals surface area contributed by atoms with Crippen LogP contribution in [0, 0.1) is 17.0 Å². The highest BCUT2D eigenvalue weighted by atomic mass is 16.6. The molecule has 154 valence electrons. The van der Waals surface area contributed by atoms with Crippen molar-refractivity contribution in [3.63, 3.8) is 0 Å². The van der Waals surface area contributed by atoms with Gasteiger partial charge in [-0.1, -0.05) is 12.8 Å². The topological polar surface area (TPSA) is 81.9 Å². The smallest absolute Gasteiger partial charge is 0.269 e. The fourth-order valence-electron chi connectivity index (χ4n) is 4.61. The maximum atomic E-state index is 13.0. The van der Waals surface area contributed by atoms with Gasteiger partial charge in [-0.05, 0) is 49.6 Å². The Hall–Kier alpha value is -3.19. The number of nitro groups is 1. The number of rotatable bonds is 3. The van der Waals surface area contributed by atoms with E-state index in [4.69, 9.17) is 9.47 Å². The van der Waals surface area contributed by atoms with Crippen LogP contribution in [0.3, 0.4) is 0 Å². The molecule has 1 saturated carbocycles. The lowest BCUT2D eigenvalue weighted by molar-refractivity contribution is -0.384. The van der Waals surface area contributed by atoms with Gasteiger partial charge in [-0.3, -0.25) is 19.8 Å². The van der Waals surface area contributed by atoms with Crippen LogP contribution in [0.15, 0.2) is 36.1 Å². The molecule has 7 heteroatoms. The standard InChI is InChI=1S/C23H22N2O5/c1-14-22-16(12-24(13-29-22)17-4-2-3-5-17)11-19-21(26)20(30-23(14)19)10-15-6-8-18(9-7-15)25(27)28/h6-11,17H,2-5,12-13H2,1H3/b20-10-. The minimum Gasteiger partial charge on any atom is -0.477 e. The van der Waals surface area contributed by atoms with Crippen LogP contribution in [0.2, 0.25) is 0 Å². The molecule has 0 atom stereocenters. The van der Waals surface area contributed by atoms with Crippen molar-refractivity contribution >= 4 is 17.5 Å². The second kappa shape index (κ2) is 7.25. The van der Waals surface area contributed by atoms with Gasteiger partial charge < -0.3 is 9.47 Å². The lowest BCUT2D eigenvalue weighted by Crippen LogP contribution is -2.39. The predicted octanol–water partition coefficient (Wildman–Crippen LogP) is 4.61. The maximum absolute atomic E-state index is 13.0. The van der Waals surface area contributed by atoms with Gasteiger partial charge in [0.2, 0.25) is 5.78 Å². The van der Waals surface area contributed by atoms with E-state index in [9.17, 15) is 14.9 Å². The minimum atomic E-state index is -0.452. The summed E-state index contributed by atoms with van der Waals surface area (Å²) in [4.78, 5) is 25.7. The average Bonchev–Trinajstić information content (AvgIpc) is 3.38. The first-order valence-electron chi connectivity index (χ1n) is 10.2. The molecular formula is C23H22N2O5. The molecule has 7 nitrogen and oxygen atoms in total. The van der Waals surface area contributed by atoms with Crippen molar-refractivity contribution in [1.29, 1.82) is 0 Å². The van der Waals surface area contributed by atoms with Crippen molar-refractivity contribution in [2.24, 2.45) is 0 Å². The Kier molecular flexibility index (Phi) is 4.55. The molecule has 2 aromatic rings. The number of hydrogen-bond donors (Lipinski definition) is 0. The lowest BCUT2D eigenvalue weighted by Gasteiger charge is -2.34. The number of ether oxygens (including phenoxy) is 2. The van der Waals surface area contributed by atoms with Crippen LogP contribution in [0.1, 0.15) is 52.7 Å². The van der Waals surface area contributed by atoms with Gasteiger partial charge in [0.1, 0.15) is 18.2 Å². The second-order valence-corrected chi connectivity index (χ2v) is 8.11. The molecule has 3 aliphatic rings. The van der Waals surface area contributed by atoms with E-state index in [2.05, 4.69) is 4.90 Å². The Morgan fingerprint density at radius 1 is 1.17 bits per heavy atom.